The van der Waals surface area contributed by atoms with Crippen LogP contribution < -0.4 is 10.6 Å². The minimum absolute atomic E-state index is 0.0778. The van der Waals surface area contributed by atoms with Crippen LogP contribution in [0.4, 0.5) is 5.69 Å². The Balaban J connectivity index is 2.44. The maximum absolute atomic E-state index is 11.8. The normalized spacial score (nSPS) is 13.2. The molecular formula is C18H28N2O3. The van der Waals surface area contributed by atoms with Crippen LogP contribution in [0, 0.1) is 5.92 Å². The first-order chi connectivity index (χ1) is 11.0. The van der Waals surface area contributed by atoms with Crippen LogP contribution in [0.2, 0.25) is 0 Å². The van der Waals surface area contributed by atoms with Gasteiger partial charge in [-0.15, -0.1) is 0 Å². The van der Waals surface area contributed by atoms with Crippen molar-refractivity contribution in [1.29, 1.82) is 0 Å². The van der Waals surface area contributed by atoms with Crippen LogP contribution in [0.1, 0.15) is 45.6 Å². The lowest BCUT2D eigenvalue weighted by atomic mass is 10.0. The zero-order valence-electron chi connectivity index (χ0n) is 14.3. The molecule has 0 spiro atoms. The highest BCUT2D eigenvalue weighted by molar-refractivity contribution is 6.39. The van der Waals surface area contributed by atoms with Crippen LogP contribution in [-0.4, -0.2) is 29.6 Å². The number of aryl methyl sites for hydroxylation is 1. The average molecular weight is 320 g/mol. The largest absolute Gasteiger partial charge is 0.391 e. The summed E-state index contributed by atoms with van der Waals surface area (Å²) in [6.45, 7) is 6.09. The second-order valence-corrected chi connectivity index (χ2v) is 5.92. The van der Waals surface area contributed by atoms with E-state index in [-0.39, 0.29) is 12.5 Å². The molecule has 0 bridgehead atoms. The van der Waals surface area contributed by atoms with Crippen molar-refractivity contribution < 1.29 is 14.7 Å². The van der Waals surface area contributed by atoms with Gasteiger partial charge in [0.1, 0.15) is 0 Å². The number of nitrogens with one attached hydrogen (secondary N) is 2. The number of aliphatic hydroxyl groups is 1. The number of amides is 2. The average Bonchev–Trinajstić information content (AvgIpc) is 2.57. The molecule has 23 heavy (non-hydrogen) atoms. The predicted molar refractivity (Wildman–Crippen MR) is 92.2 cm³/mol. The second kappa shape index (κ2) is 10.0. The summed E-state index contributed by atoms with van der Waals surface area (Å²) in [6.07, 6.45) is 3.45. The van der Waals surface area contributed by atoms with E-state index in [4.69, 9.17) is 0 Å². The fraction of sp³-hybridized carbons (Fsp3) is 0.556. The molecule has 0 fully saturated rings. The molecule has 5 heteroatoms. The van der Waals surface area contributed by atoms with Crippen molar-refractivity contribution >= 4 is 17.5 Å². The number of benzene rings is 1. The third-order valence-corrected chi connectivity index (χ3v) is 4.01. The third kappa shape index (κ3) is 6.82. The fourth-order valence-corrected chi connectivity index (χ4v) is 2.07. The van der Waals surface area contributed by atoms with Crippen molar-refractivity contribution in [2.45, 2.75) is 52.6 Å². The Labute approximate surface area is 138 Å². The molecule has 0 aliphatic rings. The number of hydrogen-bond acceptors (Lipinski definition) is 3. The molecule has 1 aromatic rings. The van der Waals surface area contributed by atoms with Gasteiger partial charge in [0.2, 0.25) is 0 Å². The zero-order valence-corrected chi connectivity index (χ0v) is 14.3. The van der Waals surface area contributed by atoms with E-state index in [2.05, 4.69) is 17.6 Å². The van der Waals surface area contributed by atoms with Gasteiger partial charge in [0.15, 0.2) is 0 Å². The molecule has 1 aromatic carbocycles. The monoisotopic (exact) mass is 320 g/mol. The summed E-state index contributed by atoms with van der Waals surface area (Å²) in [6, 6.07) is 7.50. The number of carbonyl (C=O) groups is 2. The molecule has 0 saturated heterocycles. The van der Waals surface area contributed by atoms with Crippen LogP contribution in [0.3, 0.4) is 0 Å². The quantitative estimate of drug-likeness (QED) is 0.644. The molecule has 2 unspecified atom stereocenters. The van der Waals surface area contributed by atoms with Gasteiger partial charge in [-0.1, -0.05) is 45.7 Å². The Morgan fingerprint density at radius 1 is 1.13 bits per heavy atom. The SMILES string of the molecule is CCCCc1ccc(NC(=O)C(=O)NCC(O)C(C)CC)cc1. The van der Waals surface area contributed by atoms with Gasteiger partial charge in [0.25, 0.3) is 0 Å². The van der Waals surface area contributed by atoms with Gasteiger partial charge in [0.05, 0.1) is 6.10 Å². The van der Waals surface area contributed by atoms with E-state index in [1.165, 1.54) is 5.56 Å². The van der Waals surface area contributed by atoms with Gasteiger partial charge >= 0.3 is 11.8 Å². The van der Waals surface area contributed by atoms with Crippen molar-refractivity contribution in [3.63, 3.8) is 0 Å². The molecule has 2 amide bonds. The summed E-state index contributed by atoms with van der Waals surface area (Å²) >= 11 is 0. The van der Waals surface area contributed by atoms with Gasteiger partial charge in [-0.25, -0.2) is 0 Å². The predicted octanol–water partition coefficient (Wildman–Crippen LogP) is 2.49. The van der Waals surface area contributed by atoms with Crippen LogP contribution in [-0.2, 0) is 16.0 Å². The summed E-state index contributed by atoms with van der Waals surface area (Å²) in [5.41, 5.74) is 1.80. The molecule has 1 rings (SSSR count). The summed E-state index contributed by atoms with van der Waals surface area (Å²) in [4.78, 5) is 23.6. The first-order valence-electron chi connectivity index (χ1n) is 8.34. The third-order valence-electron chi connectivity index (χ3n) is 4.01. The highest BCUT2D eigenvalue weighted by Gasteiger charge is 2.17. The van der Waals surface area contributed by atoms with Gasteiger partial charge < -0.3 is 15.7 Å². The first kappa shape index (κ1) is 19.2. The van der Waals surface area contributed by atoms with Crippen LogP contribution in [0.5, 0.6) is 0 Å². The molecule has 0 aliphatic carbocycles. The Bertz CT molecular complexity index is 499. The maximum atomic E-state index is 11.8. The summed E-state index contributed by atoms with van der Waals surface area (Å²) in [7, 11) is 0. The summed E-state index contributed by atoms with van der Waals surface area (Å²) in [5, 5.41) is 14.8. The summed E-state index contributed by atoms with van der Waals surface area (Å²) in [5.74, 6) is -1.38. The number of rotatable bonds is 8. The van der Waals surface area contributed by atoms with Gasteiger partial charge in [0, 0.05) is 12.2 Å². The zero-order chi connectivity index (χ0) is 17.2. The van der Waals surface area contributed by atoms with Gasteiger partial charge in [-0.3, -0.25) is 9.59 Å². The standard InChI is InChI=1S/C18H28N2O3/c1-4-6-7-14-8-10-15(11-9-14)20-18(23)17(22)19-12-16(21)13(3)5-2/h8-11,13,16,21H,4-7,12H2,1-3H3,(H,19,22)(H,20,23). The molecule has 128 valence electrons. The Hall–Kier alpha value is -1.88. The number of unbranched alkanes of at least 4 members (excludes halogenated alkanes) is 1. The molecule has 0 saturated carbocycles. The lowest BCUT2D eigenvalue weighted by molar-refractivity contribution is -0.136. The summed E-state index contributed by atoms with van der Waals surface area (Å²) < 4.78 is 0. The van der Waals surface area contributed by atoms with E-state index in [1.54, 1.807) is 12.1 Å². The van der Waals surface area contributed by atoms with Crippen molar-refractivity contribution in [1.82, 2.24) is 5.32 Å². The first-order valence-corrected chi connectivity index (χ1v) is 8.34. The lowest BCUT2D eigenvalue weighted by Gasteiger charge is -2.17. The highest BCUT2D eigenvalue weighted by Crippen LogP contribution is 2.11. The van der Waals surface area contributed by atoms with Gasteiger partial charge in [-0.05, 0) is 36.5 Å². The van der Waals surface area contributed by atoms with E-state index in [0.717, 1.165) is 25.7 Å². The minimum Gasteiger partial charge on any atom is -0.391 e. The highest BCUT2D eigenvalue weighted by atomic mass is 16.3. The Morgan fingerprint density at radius 3 is 2.35 bits per heavy atom. The molecule has 0 radical (unpaired) electrons. The van der Waals surface area contributed by atoms with E-state index in [1.807, 2.05) is 26.0 Å². The van der Waals surface area contributed by atoms with E-state index >= 15 is 0 Å². The van der Waals surface area contributed by atoms with Crippen molar-refractivity contribution in [2.24, 2.45) is 5.92 Å². The molecule has 2 atom stereocenters. The van der Waals surface area contributed by atoms with Crippen LogP contribution in [0.15, 0.2) is 24.3 Å². The second-order valence-electron chi connectivity index (χ2n) is 5.92. The topological polar surface area (TPSA) is 78.4 Å². The van der Waals surface area contributed by atoms with Crippen LogP contribution in [0.25, 0.3) is 0 Å². The van der Waals surface area contributed by atoms with Gasteiger partial charge in [-0.2, -0.15) is 0 Å². The van der Waals surface area contributed by atoms with Crippen molar-refractivity contribution in [3.05, 3.63) is 29.8 Å². The minimum atomic E-state index is -0.734. The fourth-order valence-electron chi connectivity index (χ4n) is 2.07. The Kier molecular flexibility index (Phi) is 8.33. The molecular weight excluding hydrogens is 292 g/mol. The van der Waals surface area contributed by atoms with E-state index < -0.39 is 17.9 Å². The maximum Gasteiger partial charge on any atom is 0.313 e. The number of hydrogen-bond donors (Lipinski definition) is 3. The number of anilines is 1. The van der Waals surface area contributed by atoms with Crippen molar-refractivity contribution in [3.8, 4) is 0 Å². The molecule has 5 nitrogen and oxygen atoms in total. The molecule has 0 heterocycles. The van der Waals surface area contributed by atoms with E-state index in [0.29, 0.717) is 5.69 Å². The van der Waals surface area contributed by atoms with Crippen LogP contribution >= 0.6 is 0 Å². The van der Waals surface area contributed by atoms with E-state index in [9.17, 15) is 14.7 Å². The molecule has 3 N–H and O–H groups in total. The van der Waals surface area contributed by atoms with Crippen molar-refractivity contribution in [2.75, 3.05) is 11.9 Å². The Morgan fingerprint density at radius 2 is 1.78 bits per heavy atom. The lowest BCUT2D eigenvalue weighted by Crippen LogP contribution is -2.41. The smallest absolute Gasteiger partial charge is 0.313 e. The number of aliphatic hydroxyl groups excluding tert-OH is 1. The number of carbonyl (C=O) groups excluding carboxylic acids is 2. The molecule has 0 aliphatic heterocycles. The molecule has 0 aromatic heterocycles.